The Balaban J connectivity index is 1.37. The molecule has 1 fully saturated rings. The highest BCUT2D eigenvalue weighted by molar-refractivity contribution is 9.10. The van der Waals surface area contributed by atoms with Crippen molar-refractivity contribution in [2.24, 2.45) is 5.92 Å². The third-order valence-electron chi connectivity index (χ3n) is 7.17. The van der Waals surface area contributed by atoms with Crippen LogP contribution >= 0.6 is 15.9 Å². The second kappa shape index (κ2) is 9.67. The molecule has 1 aliphatic carbocycles. The van der Waals surface area contributed by atoms with E-state index in [1.54, 1.807) is 45.9 Å². The minimum Gasteiger partial charge on any atom is -0.465 e. The van der Waals surface area contributed by atoms with Gasteiger partial charge in [0.25, 0.3) is 0 Å². The molecule has 39 heavy (non-hydrogen) atoms. The molecule has 4 heterocycles. The molecular weight excluding hydrogens is 566 g/mol. The normalized spacial score (nSPS) is 19.5. The molecule has 1 aromatic carbocycles. The highest BCUT2D eigenvalue weighted by atomic mass is 79.9. The second-order valence-electron chi connectivity index (χ2n) is 9.35. The van der Waals surface area contributed by atoms with Crippen LogP contribution in [0.4, 0.5) is 11.6 Å². The number of halogens is 1. The molecule has 0 spiro atoms. The maximum Gasteiger partial charge on any atom is 0.337 e. The van der Waals surface area contributed by atoms with E-state index in [2.05, 4.69) is 48.0 Å². The SMILES string of the molecule is COC(=O)c1ccc2c(c1)c1c(N)ncnc1n2CC(=O)N1[C@@H]2CC#C[C@@H]2C[C@H]1C(=O)Nc1cccc(Br)n1. The van der Waals surface area contributed by atoms with Gasteiger partial charge >= 0.3 is 5.97 Å². The van der Waals surface area contributed by atoms with Gasteiger partial charge < -0.3 is 25.3 Å². The number of methoxy groups -OCH3 is 1. The van der Waals surface area contributed by atoms with Gasteiger partial charge in [0.15, 0.2) is 0 Å². The van der Waals surface area contributed by atoms with Gasteiger partial charge in [0.1, 0.15) is 40.8 Å². The van der Waals surface area contributed by atoms with Crippen LogP contribution in [0.15, 0.2) is 47.3 Å². The molecule has 11 nitrogen and oxygen atoms in total. The minimum atomic E-state index is -0.707. The number of aromatic nitrogens is 4. The Kier molecular flexibility index (Phi) is 6.15. The van der Waals surface area contributed by atoms with E-state index >= 15 is 0 Å². The van der Waals surface area contributed by atoms with Crippen molar-refractivity contribution in [2.75, 3.05) is 18.2 Å². The summed E-state index contributed by atoms with van der Waals surface area (Å²) in [5, 5.41) is 3.99. The summed E-state index contributed by atoms with van der Waals surface area (Å²) < 4.78 is 7.19. The van der Waals surface area contributed by atoms with Crippen LogP contribution in [-0.4, -0.2) is 61.4 Å². The fourth-order valence-electron chi connectivity index (χ4n) is 5.47. The van der Waals surface area contributed by atoms with Crippen molar-refractivity contribution in [2.45, 2.75) is 31.5 Å². The fourth-order valence-corrected chi connectivity index (χ4v) is 5.81. The molecule has 3 N–H and O–H groups in total. The summed E-state index contributed by atoms with van der Waals surface area (Å²) in [6, 6.07) is 9.30. The smallest absolute Gasteiger partial charge is 0.337 e. The zero-order valence-electron chi connectivity index (χ0n) is 20.7. The van der Waals surface area contributed by atoms with Crippen LogP contribution in [0, 0.1) is 17.8 Å². The molecule has 0 unspecified atom stereocenters. The molecular formula is C27H22BrN7O4. The summed E-state index contributed by atoms with van der Waals surface area (Å²) >= 11 is 3.31. The number of hydrogen-bond acceptors (Lipinski definition) is 8. The molecule has 0 saturated carbocycles. The minimum absolute atomic E-state index is 0.0843. The van der Waals surface area contributed by atoms with Crippen molar-refractivity contribution >= 4 is 67.3 Å². The Hall–Kier alpha value is -4.50. The molecule has 1 saturated heterocycles. The quantitative estimate of drug-likeness (QED) is 0.206. The number of nitrogen functional groups attached to an aromatic ring is 1. The number of anilines is 2. The topological polar surface area (TPSA) is 145 Å². The molecule has 0 radical (unpaired) electrons. The number of carbonyl (C=O) groups is 3. The van der Waals surface area contributed by atoms with Crippen LogP contribution < -0.4 is 11.1 Å². The maximum absolute atomic E-state index is 14.0. The largest absolute Gasteiger partial charge is 0.465 e. The van der Waals surface area contributed by atoms with Gasteiger partial charge in [-0.1, -0.05) is 12.0 Å². The number of nitrogens with zero attached hydrogens (tertiary/aromatic N) is 5. The van der Waals surface area contributed by atoms with Crippen molar-refractivity contribution in [1.29, 1.82) is 0 Å². The van der Waals surface area contributed by atoms with Gasteiger partial charge in [0, 0.05) is 17.7 Å². The standard InChI is InChI=1S/C27H22BrN7O4/c1-39-27(38)15-8-9-18-16(10-15)23-24(29)30-13-31-25(23)34(18)12-22(36)35-17-5-2-4-14(17)11-19(35)26(37)33-21-7-3-6-20(28)32-21/h3,6-10,13-14,17,19H,5,11-12H2,1H3,(H2,29,30,31)(H,32,33,37)/t14-,17-,19+/m1/s1. The van der Waals surface area contributed by atoms with Crippen LogP contribution in [0.5, 0.6) is 0 Å². The highest BCUT2D eigenvalue weighted by Crippen LogP contribution is 2.37. The number of benzene rings is 1. The average molecular weight is 588 g/mol. The lowest BCUT2D eigenvalue weighted by atomic mass is 10.0. The summed E-state index contributed by atoms with van der Waals surface area (Å²) in [5.41, 5.74) is 7.64. The summed E-state index contributed by atoms with van der Waals surface area (Å²) in [6.45, 7) is -0.101. The van der Waals surface area contributed by atoms with Crippen molar-refractivity contribution in [3.63, 3.8) is 0 Å². The molecule has 3 aromatic heterocycles. The first-order chi connectivity index (χ1) is 18.9. The first kappa shape index (κ1) is 24.8. The number of carbonyl (C=O) groups excluding carboxylic acids is 3. The Bertz CT molecular complexity index is 1740. The molecule has 6 rings (SSSR count). The van der Waals surface area contributed by atoms with Gasteiger partial charge in [-0.15, -0.1) is 5.92 Å². The van der Waals surface area contributed by atoms with Gasteiger partial charge in [-0.05, 0) is 52.7 Å². The molecule has 1 aliphatic heterocycles. The van der Waals surface area contributed by atoms with E-state index in [1.165, 1.54) is 13.4 Å². The fraction of sp³-hybridized carbons (Fsp3) is 0.259. The number of pyridine rings is 1. The van der Waals surface area contributed by atoms with Crippen LogP contribution in [0.2, 0.25) is 0 Å². The third-order valence-corrected chi connectivity index (χ3v) is 7.62. The van der Waals surface area contributed by atoms with E-state index in [9.17, 15) is 14.4 Å². The zero-order valence-corrected chi connectivity index (χ0v) is 22.3. The van der Waals surface area contributed by atoms with Crippen molar-refractivity contribution in [1.82, 2.24) is 24.4 Å². The van der Waals surface area contributed by atoms with E-state index in [1.807, 2.05) is 0 Å². The van der Waals surface area contributed by atoms with Gasteiger partial charge in [-0.3, -0.25) is 9.59 Å². The van der Waals surface area contributed by atoms with Gasteiger partial charge in [-0.2, -0.15) is 0 Å². The summed E-state index contributed by atoms with van der Waals surface area (Å²) in [6.07, 6.45) is 2.27. The monoisotopic (exact) mass is 587 g/mol. The van der Waals surface area contributed by atoms with E-state index in [0.717, 1.165) is 0 Å². The van der Waals surface area contributed by atoms with Crippen molar-refractivity contribution < 1.29 is 19.1 Å². The number of fused-ring (bicyclic) bond motifs is 4. The molecule has 12 heteroatoms. The molecule has 3 atom stereocenters. The lowest BCUT2D eigenvalue weighted by Gasteiger charge is -2.29. The summed E-state index contributed by atoms with van der Waals surface area (Å²) in [4.78, 5) is 54.0. The number of nitrogens with two attached hydrogens (primary N) is 1. The number of amides is 2. The average Bonchev–Trinajstić information content (AvgIpc) is 3.60. The predicted octanol–water partition coefficient (Wildman–Crippen LogP) is 2.74. The molecule has 2 aliphatic rings. The van der Waals surface area contributed by atoms with Crippen molar-refractivity contribution in [3.8, 4) is 11.8 Å². The van der Waals surface area contributed by atoms with Gasteiger partial charge in [0.05, 0.1) is 29.6 Å². The van der Waals surface area contributed by atoms with Gasteiger partial charge in [0.2, 0.25) is 11.8 Å². The molecule has 196 valence electrons. The highest BCUT2D eigenvalue weighted by Gasteiger charge is 2.47. The molecule has 2 amide bonds. The third kappa shape index (κ3) is 4.24. The Labute approximate surface area is 230 Å². The first-order valence-corrected chi connectivity index (χ1v) is 13.0. The van der Waals surface area contributed by atoms with E-state index in [0.29, 0.717) is 50.8 Å². The van der Waals surface area contributed by atoms with Gasteiger partial charge in [-0.25, -0.2) is 19.7 Å². The Morgan fingerprint density at radius 2 is 2.08 bits per heavy atom. The Morgan fingerprint density at radius 1 is 1.23 bits per heavy atom. The lowest BCUT2D eigenvalue weighted by molar-refractivity contribution is -0.139. The van der Waals surface area contributed by atoms with Crippen LogP contribution in [-0.2, 0) is 20.9 Å². The Morgan fingerprint density at radius 3 is 2.87 bits per heavy atom. The predicted molar refractivity (Wildman–Crippen MR) is 146 cm³/mol. The number of nitrogens with one attached hydrogen (secondary N) is 1. The van der Waals surface area contributed by atoms with E-state index < -0.39 is 12.0 Å². The van der Waals surface area contributed by atoms with Crippen LogP contribution in [0.25, 0.3) is 21.9 Å². The number of ether oxygens (including phenoxy) is 1. The first-order valence-electron chi connectivity index (χ1n) is 12.2. The maximum atomic E-state index is 14.0. The number of esters is 1. The zero-order chi connectivity index (χ0) is 27.3. The molecule has 0 bridgehead atoms. The van der Waals surface area contributed by atoms with E-state index in [4.69, 9.17) is 10.5 Å². The lowest BCUT2D eigenvalue weighted by Crippen LogP contribution is -2.48. The summed E-state index contributed by atoms with van der Waals surface area (Å²) in [5.74, 6) is 5.72. The summed E-state index contributed by atoms with van der Waals surface area (Å²) in [7, 11) is 1.31. The van der Waals surface area contributed by atoms with Crippen LogP contribution in [0.1, 0.15) is 23.2 Å². The number of likely N-dealkylation sites (tertiary alicyclic amines) is 1. The number of hydrogen-bond donors (Lipinski definition) is 2. The van der Waals surface area contributed by atoms with Crippen molar-refractivity contribution in [3.05, 3.63) is 52.9 Å². The van der Waals surface area contributed by atoms with Crippen LogP contribution in [0.3, 0.4) is 0 Å². The molecule has 4 aromatic rings. The number of rotatable bonds is 5. The van der Waals surface area contributed by atoms with E-state index in [-0.39, 0.29) is 36.1 Å². The second-order valence-corrected chi connectivity index (χ2v) is 10.2.